The van der Waals surface area contributed by atoms with Crippen molar-refractivity contribution < 1.29 is 23.9 Å². The number of aromatic amines is 1. The zero-order valence-electron chi connectivity index (χ0n) is 21.8. The predicted octanol–water partition coefficient (Wildman–Crippen LogP) is 6.25. The zero-order valence-corrected chi connectivity index (χ0v) is 23.4. The summed E-state index contributed by atoms with van der Waals surface area (Å²) in [5.74, 6) is -0.590. The minimum atomic E-state index is -1.64. The SMILES string of the molecule is CC(C)(C)OC(=O)N1C(=O)[C@@]2(c3ccc(Br)cc31)c1[nH]c3ccccc3c1CCN2C(=O)OC(C)(C)C. The second-order valence-corrected chi connectivity index (χ2v) is 12.3. The highest BCUT2D eigenvalue weighted by Gasteiger charge is 2.63. The molecule has 1 N–H and O–H groups in total. The quantitative estimate of drug-likeness (QED) is 0.346. The van der Waals surface area contributed by atoms with Crippen molar-refractivity contribution in [3.63, 3.8) is 0 Å². The molecule has 9 heteroatoms. The molecule has 1 aromatic heterocycles. The van der Waals surface area contributed by atoms with E-state index in [4.69, 9.17) is 9.47 Å². The average molecular weight is 568 g/mol. The van der Waals surface area contributed by atoms with E-state index in [-0.39, 0.29) is 6.54 Å². The smallest absolute Gasteiger partial charge is 0.421 e. The van der Waals surface area contributed by atoms with Crippen LogP contribution in [0, 0.1) is 0 Å². The normalized spacial score (nSPS) is 19.3. The number of aromatic nitrogens is 1. The van der Waals surface area contributed by atoms with Gasteiger partial charge in [-0.05, 0) is 71.7 Å². The highest BCUT2D eigenvalue weighted by Crippen LogP contribution is 2.53. The molecule has 3 amide bonds. The molecule has 2 aliphatic heterocycles. The molecule has 194 valence electrons. The summed E-state index contributed by atoms with van der Waals surface area (Å²) in [6, 6.07) is 13.1. The number of amides is 3. The van der Waals surface area contributed by atoms with E-state index < -0.39 is 34.8 Å². The Bertz CT molecular complexity index is 1450. The van der Waals surface area contributed by atoms with Gasteiger partial charge in [-0.15, -0.1) is 0 Å². The average Bonchev–Trinajstić information content (AvgIpc) is 3.26. The summed E-state index contributed by atoms with van der Waals surface area (Å²) in [6.45, 7) is 10.8. The number of para-hydroxylation sites is 1. The van der Waals surface area contributed by atoms with Gasteiger partial charge < -0.3 is 14.5 Å². The molecule has 0 bridgehead atoms. The first-order valence-corrected chi connectivity index (χ1v) is 13.0. The van der Waals surface area contributed by atoms with Gasteiger partial charge >= 0.3 is 12.2 Å². The summed E-state index contributed by atoms with van der Waals surface area (Å²) < 4.78 is 12.1. The number of halogens is 1. The van der Waals surface area contributed by atoms with Crippen LogP contribution in [0.3, 0.4) is 0 Å². The van der Waals surface area contributed by atoms with Gasteiger partial charge in [0.2, 0.25) is 0 Å². The fourth-order valence-electron chi connectivity index (χ4n) is 5.21. The van der Waals surface area contributed by atoms with Crippen LogP contribution in [0.2, 0.25) is 0 Å². The van der Waals surface area contributed by atoms with E-state index >= 15 is 0 Å². The lowest BCUT2D eigenvalue weighted by Crippen LogP contribution is -2.60. The van der Waals surface area contributed by atoms with Gasteiger partial charge in [0, 0.05) is 27.5 Å². The first kappa shape index (κ1) is 25.3. The van der Waals surface area contributed by atoms with Gasteiger partial charge in [-0.1, -0.05) is 40.2 Å². The third kappa shape index (κ3) is 4.00. The number of anilines is 1. The number of nitrogens with one attached hydrogen (secondary N) is 1. The second-order valence-electron chi connectivity index (χ2n) is 11.4. The topological polar surface area (TPSA) is 91.9 Å². The van der Waals surface area contributed by atoms with Crippen LogP contribution in [0.15, 0.2) is 46.9 Å². The van der Waals surface area contributed by atoms with Gasteiger partial charge in [-0.25, -0.2) is 14.5 Å². The molecule has 3 heterocycles. The van der Waals surface area contributed by atoms with Crippen molar-refractivity contribution in [3.8, 4) is 0 Å². The summed E-state index contributed by atoms with van der Waals surface area (Å²) >= 11 is 3.48. The number of H-pyrrole nitrogens is 1. The fraction of sp³-hybridized carbons (Fsp3) is 0.393. The summed E-state index contributed by atoms with van der Waals surface area (Å²) in [6.07, 6.45) is -0.919. The molecule has 1 atom stereocenters. The molecule has 0 unspecified atom stereocenters. The van der Waals surface area contributed by atoms with Crippen molar-refractivity contribution in [2.75, 3.05) is 11.4 Å². The van der Waals surface area contributed by atoms with E-state index in [9.17, 15) is 14.4 Å². The number of nitrogens with zero attached hydrogens (tertiary/aromatic N) is 2. The third-order valence-electron chi connectivity index (χ3n) is 6.46. The first-order chi connectivity index (χ1) is 17.2. The maximum absolute atomic E-state index is 14.6. The van der Waals surface area contributed by atoms with Crippen molar-refractivity contribution in [3.05, 3.63) is 63.8 Å². The Balaban J connectivity index is 1.81. The van der Waals surface area contributed by atoms with Crippen LogP contribution in [0.4, 0.5) is 15.3 Å². The minimum absolute atomic E-state index is 0.229. The Morgan fingerprint density at radius 3 is 2.30 bits per heavy atom. The Hall–Kier alpha value is -3.33. The fourth-order valence-corrected chi connectivity index (χ4v) is 5.56. The molecule has 2 aromatic carbocycles. The summed E-state index contributed by atoms with van der Waals surface area (Å²) in [4.78, 5) is 47.8. The van der Waals surface area contributed by atoms with E-state index in [1.807, 2.05) is 24.3 Å². The molecule has 0 fully saturated rings. The lowest BCUT2D eigenvalue weighted by molar-refractivity contribution is -0.128. The van der Waals surface area contributed by atoms with E-state index in [0.717, 1.165) is 21.4 Å². The van der Waals surface area contributed by atoms with Crippen molar-refractivity contribution in [2.45, 2.75) is 64.7 Å². The summed E-state index contributed by atoms with van der Waals surface area (Å²) in [5.41, 5.74) is -0.0494. The predicted molar refractivity (Wildman–Crippen MR) is 144 cm³/mol. The Labute approximate surface area is 224 Å². The largest absolute Gasteiger partial charge is 0.444 e. The molecule has 0 saturated carbocycles. The number of carbonyl (C=O) groups excluding carboxylic acids is 3. The maximum Gasteiger partial charge on any atom is 0.421 e. The van der Waals surface area contributed by atoms with Crippen molar-refractivity contribution in [1.82, 2.24) is 9.88 Å². The van der Waals surface area contributed by atoms with Crippen LogP contribution in [0.1, 0.15) is 58.4 Å². The Morgan fingerprint density at radius 2 is 1.62 bits per heavy atom. The number of ether oxygens (including phenoxy) is 2. The molecule has 0 saturated heterocycles. The number of rotatable bonds is 0. The molecular formula is C28H30BrN3O5. The number of imide groups is 1. The van der Waals surface area contributed by atoms with Gasteiger partial charge in [0.1, 0.15) is 11.2 Å². The van der Waals surface area contributed by atoms with E-state index in [1.54, 1.807) is 59.7 Å². The van der Waals surface area contributed by atoms with Crippen LogP contribution >= 0.6 is 15.9 Å². The Morgan fingerprint density at radius 1 is 0.973 bits per heavy atom. The lowest BCUT2D eigenvalue weighted by Gasteiger charge is -2.43. The van der Waals surface area contributed by atoms with Crippen molar-refractivity contribution in [2.24, 2.45) is 0 Å². The van der Waals surface area contributed by atoms with E-state index in [2.05, 4.69) is 20.9 Å². The molecule has 5 rings (SSSR count). The third-order valence-corrected chi connectivity index (χ3v) is 6.95. The minimum Gasteiger partial charge on any atom is -0.444 e. The lowest BCUT2D eigenvalue weighted by atomic mass is 9.80. The number of fused-ring (bicyclic) bond motifs is 6. The van der Waals surface area contributed by atoms with Gasteiger partial charge in [0.05, 0.1) is 11.4 Å². The monoisotopic (exact) mass is 567 g/mol. The molecule has 3 aromatic rings. The van der Waals surface area contributed by atoms with Gasteiger partial charge in [-0.2, -0.15) is 0 Å². The highest BCUT2D eigenvalue weighted by molar-refractivity contribution is 9.10. The van der Waals surface area contributed by atoms with Crippen LogP contribution < -0.4 is 4.90 Å². The molecule has 0 radical (unpaired) electrons. The van der Waals surface area contributed by atoms with Gasteiger partial charge in [-0.3, -0.25) is 9.69 Å². The van der Waals surface area contributed by atoms with Crippen LogP contribution in [0.5, 0.6) is 0 Å². The standard InChI is InChI=1S/C28H30BrN3O5/c1-26(2,3)36-24(34)31-14-13-18-17-9-7-8-10-20(17)30-22(18)28(31)19-12-11-16(29)15-21(19)32(23(28)33)25(35)37-27(4,5)6/h7-12,15,30H,13-14H2,1-6H3/t28-/m1/s1. The van der Waals surface area contributed by atoms with Gasteiger partial charge in [0.25, 0.3) is 5.91 Å². The summed E-state index contributed by atoms with van der Waals surface area (Å²) in [5, 5.41) is 0.975. The Kier molecular flexibility index (Phi) is 5.71. The second kappa shape index (κ2) is 8.34. The number of benzene rings is 2. The molecular weight excluding hydrogens is 538 g/mol. The summed E-state index contributed by atoms with van der Waals surface area (Å²) in [7, 11) is 0. The van der Waals surface area contributed by atoms with Crippen molar-refractivity contribution >= 4 is 50.6 Å². The van der Waals surface area contributed by atoms with Crippen molar-refractivity contribution in [1.29, 1.82) is 0 Å². The first-order valence-electron chi connectivity index (χ1n) is 12.2. The molecule has 2 aliphatic rings. The molecule has 37 heavy (non-hydrogen) atoms. The van der Waals surface area contributed by atoms with E-state index in [0.29, 0.717) is 27.8 Å². The maximum atomic E-state index is 14.6. The number of hydrogen-bond donors (Lipinski definition) is 1. The van der Waals surface area contributed by atoms with Crippen LogP contribution in [-0.4, -0.2) is 45.7 Å². The molecule has 8 nitrogen and oxygen atoms in total. The van der Waals surface area contributed by atoms with Gasteiger partial charge in [0.15, 0.2) is 5.54 Å². The van der Waals surface area contributed by atoms with Crippen LogP contribution in [0.25, 0.3) is 10.9 Å². The van der Waals surface area contributed by atoms with Crippen LogP contribution in [-0.2, 0) is 26.2 Å². The highest BCUT2D eigenvalue weighted by atomic mass is 79.9. The zero-order chi connectivity index (χ0) is 26.9. The molecule has 1 spiro atoms. The number of carbonyl (C=O) groups is 3. The molecule has 0 aliphatic carbocycles. The number of hydrogen-bond acceptors (Lipinski definition) is 5. The van der Waals surface area contributed by atoms with E-state index in [1.165, 1.54) is 4.90 Å².